The first kappa shape index (κ1) is 9.79. The van der Waals surface area contributed by atoms with Crippen molar-refractivity contribution in [3.05, 3.63) is 47.8 Å². The van der Waals surface area contributed by atoms with Crippen molar-refractivity contribution in [1.29, 1.82) is 0 Å². The second-order valence-electron chi connectivity index (χ2n) is 3.25. The molecule has 0 saturated heterocycles. The third-order valence-corrected chi connectivity index (χ3v) is 2.07. The molecule has 0 amide bonds. The van der Waals surface area contributed by atoms with E-state index in [1.807, 2.05) is 0 Å². The fourth-order valence-corrected chi connectivity index (χ4v) is 1.30. The Morgan fingerprint density at radius 3 is 2.73 bits per heavy atom. The van der Waals surface area contributed by atoms with Crippen LogP contribution in [0.25, 0.3) is 0 Å². The van der Waals surface area contributed by atoms with Gasteiger partial charge in [-0.15, -0.1) is 0 Å². The summed E-state index contributed by atoms with van der Waals surface area (Å²) >= 11 is 0. The van der Waals surface area contributed by atoms with Gasteiger partial charge < -0.3 is 5.11 Å². The molecule has 0 saturated carbocycles. The molecule has 1 atom stereocenters. The van der Waals surface area contributed by atoms with E-state index in [4.69, 9.17) is 0 Å². The summed E-state index contributed by atoms with van der Waals surface area (Å²) in [6.07, 6.45) is 3.46. The predicted molar refractivity (Wildman–Crippen MR) is 51.5 cm³/mol. The van der Waals surface area contributed by atoms with Crippen molar-refractivity contribution in [1.82, 2.24) is 14.8 Å². The molecule has 0 fully saturated rings. The molecule has 0 radical (unpaired) electrons. The topological polar surface area (TPSA) is 50.9 Å². The van der Waals surface area contributed by atoms with Gasteiger partial charge in [-0.3, -0.25) is 9.67 Å². The van der Waals surface area contributed by atoms with E-state index in [1.165, 1.54) is 12.1 Å². The molecule has 15 heavy (non-hydrogen) atoms. The smallest absolute Gasteiger partial charge is 0.141 e. The number of aliphatic hydroxyl groups is 1. The van der Waals surface area contributed by atoms with Crippen LogP contribution < -0.4 is 0 Å². The Morgan fingerprint density at radius 1 is 1.40 bits per heavy atom. The molecule has 0 spiro atoms. The summed E-state index contributed by atoms with van der Waals surface area (Å²) in [5, 5.41) is 13.8. The summed E-state index contributed by atoms with van der Waals surface area (Å²) in [5.41, 5.74) is 1.04. The van der Waals surface area contributed by atoms with E-state index in [1.54, 1.807) is 24.1 Å². The number of halogens is 1. The highest BCUT2D eigenvalue weighted by molar-refractivity contribution is 5.20. The highest BCUT2D eigenvalue weighted by Gasteiger charge is 2.13. The molecule has 0 aliphatic heterocycles. The van der Waals surface area contributed by atoms with Crippen LogP contribution in [-0.4, -0.2) is 19.9 Å². The van der Waals surface area contributed by atoms with E-state index in [2.05, 4.69) is 10.1 Å². The van der Waals surface area contributed by atoms with Gasteiger partial charge in [0.1, 0.15) is 11.9 Å². The van der Waals surface area contributed by atoms with Gasteiger partial charge in [0.25, 0.3) is 0 Å². The molecule has 2 rings (SSSR count). The van der Waals surface area contributed by atoms with E-state index < -0.39 is 11.9 Å². The quantitative estimate of drug-likeness (QED) is 0.800. The van der Waals surface area contributed by atoms with Gasteiger partial charge >= 0.3 is 0 Å². The van der Waals surface area contributed by atoms with Crippen molar-refractivity contribution in [2.24, 2.45) is 7.05 Å². The number of aliphatic hydroxyl groups excluding tert-OH is 1. The van der Waals surface area contributed by atoms with Crippen molar-refractivity contribution in [2.45, 2.75) is 6.10 Å². The standard InChI is InChI=1S/C10H10FN3O/c1-14-6-7(4-13-14)10(15)9-3-2-8(11)5-12-9/h2-6,10,15H,1H3. The second kappa shape index (κ2) is 3.78. The number of aryl methyl sites for hydroxylation is 1. The third-order valence-electron chi connectivity index (χ3n) is 2.07. The van der Waals surface area contributed by atoms with Crippen LogP contribution in [0, 0.1) is 5.82 Å². The van der Waals surface area contributed by atoms with Crippen LogP contribution in [0.1, 0.15) is 17.4 Å². The largest absolute Gasteiger partial charge is 0.382 e. The van der Waals surface area contributed by atoms with Crippen LogP contribution in [0.3, 0.4) is 0 Å². The van der Waals surface area contributed by atoms with Crippen LogP contribution in [-0.2, 0) is 7.05 Å². The molecule has 1 unspecified atom stereocenters. The zero-order valence-corrected chi connectivity index (χ0v) is 8.13. The van der Waals surface area contributed by atoms with Crippen molar-refractivity contribution in [3.63, 3.8) is 0 Å². The van der Waals surface area contributed by atoms with Gasteiger partial charge in [-0.25, -0.2) is 4.39 Å². The lowest BCUT2D eigenvalue weighted by atomic mass is 10.1. The average molecular weight is 207 g/mol. The second-order valence-corrected chi connectivity index (χ2v) is 3.25. The Kier molecular flexibility index (Phi) is 2.47. The summed E-state index contributed by atoms with van der Waals surface area (Å²) < 4.78 is 14.2. The normalized spacial score (nSPS) is 12.7. The van der Waals surface area contributed by atoms with Crippen LogP contribution in [0.5, 0.6) is 0 Å². The van der Waals surface area contributed by atoms with Gasteiger partial charge in [-0.1, -0.05) is 0 Å². The fourth-order valence-electron chi connectivity index (χ4n) is 1.30. The summed E-state index contributed by atoms with van der Waals surface area (Å²) in [6.45, 7) is 0. The number of aromatic nitrogens is 3. The van der Waals surface area contributed by atoms with Crippen LogP contribution in [0.4, 0.5) is 4.39 Å². The molecule has 5 heteroatoms. The molecule has 0 aliphatic carbocycles. The third kappa shape index (κ3) is 2.02. The van der Waals surface area contributed by atoms with E-state index in [0.29, 0.717) is 11.3 Å². The molecule has 1 N–H and O–H groups in total. The lowest BCUT2D eigenvalue weighted by molar-refractivity contribution is 0.215. The summed E-state index contributed by atoms with van der Waals surface area (Å²) in [5.74, 6) is -0.419. The number of hydrogen-bond acceptors (Lipinski definition) is 3. The summed E-state index contributed by atoms with van der Waals surface area (Å²) in [4.78, 5) is 3.80. The SMILES string of the molecule is Cn1cc(C(O)c2ccc(F)cn2)cn1. The van der Waals surface area contributed by atoms with Crippen LogP contribution >= 0.6 is 0 Å². The maximum Gasteiger partial charge on any atom is 0.141 e. The molecule has 2 aromatic heterocycles. The lowest BCUT2D eigenvalue weighted by Crippen LogP contribution is -2.01. The van der Waals surface area contributed by atoms with Crippen LogP contribution in [0.15, 0.2) is 30.7 Å². The van der Waals surface area contributed by atoms with E-state index in [9.17, 15) is 9.50 Å². The average Bonchev–Trinajstić information content (AvgIpc) is 2.65. The van der Waals surface area contributed by atoms with Crippen LogP contribution in [0.2, 0.25) is 0 Å². The van der Waals surface area contributed by atoms with E-state index in [0.717, 1.165) is 6.20 Å². The molecule has 78 valence electrons. The number of nitrogens with zero attached hydrogens (tertiary/aromatic N) is 3. The molecule has 0 aromatic carbocycles. The van der Waals surface area contributed by atoms with Crippen molar-refractivity contribution < 1.29 is 9.50 Å². The molecule has 2 heterocycles. The first-order valence-corrected chi connectivity index (χ1v) is 4.45. The van der Waals surface area contributed by atoms with Crippen molar-refractivity contribution >= 4 is 0 Å². The van der Waals surface area contributed by atoms with Crippen molar-refractivity contribution in [2.75, 3.05) is 0 Å². The van der Waals surface area contributed by atoms with E-state index >= 15 is 0 Å². The molecule has 0 bridgehead atoms. The predicted octanol–water partition coefficient (Wildman–Crippen LogP) is 1.04. The summed E-state index contributed by atoms with van der Waals surface area (Å²) in [6, 6.07) is 2.72. The first-order chi connectivity index (χ1) is 7.16. The monoisotopic (exact) mass is 207 g/mol. The van der Waals surface area contributed by atoms with Gasteiger partial charge in [0.05, 0.1) is 18.1 Å². The Morgan fingerprint density at radius 2 is 2.20 bits per heavy atom. The van der Waals surface area contributed by atoms with E-state index in [-0.39, 0.29) is 0 Å². The van der Waals surface area contributed by atoms with Crippen molar-refractivity contribution in [3.8, 4) is 0 Å². The zero-order chi connectivity index (χ0) is 10.8. The number of pyridine rings is 1. The maximum absolute atomic E-state index is 12.6. The molecular formula is C10H10FN3O. The number of hydrogen-bond donors (Lipinski definition) is 1. The van der Waals surface area contributed by atoms with Gasteiger partial charge in [0.2, 0.25) is 0 Å². The van der Waals surface area contributed by atoms with Gasteiger partial charge in [-0.05, 0) is 12.1 Å². The lowest BCUT2D eigenvalue weighted by Gasteiger charge is -2.06. The maximum atomic E-state index is 12.6. The Hall–Kier alpha value is -1.75. The molecule has 2 aromatic rings. The fraction of sp³-hybridized carbons (Fsp3) is 0.200. The van der Waals surface area contributed by atoms with Gasteiger partial charge in [-0.2, -0.15) is 5.10 Å². The minimum atomic E-state index is -0.862. The highest BCUT2D eigenvalue weighted by atomic mass is 19.1. The molecule has 0 aliphatic rings. The minimum Gasteiger partial charge on any atom is -0.382 e. The minimum absolute atomic E-state index is 0.407. The highest BCUT2D eigenvalue weighted by Crippen LogP contribution is 2.18. The van der Waals surface area contributed by atoms with Gasteiger partial charge in [0, 0.05) is 18.8 Å². The zero-order valence-electron chi connectivity index (χ0n) is 8.13. The molecular weight excluding hydrogens is 197 g/mol. The Labute approximate surface area is 86.0 Å². The summed E-state index contributed by atoms with van der Waals surface area (Å²) in [7, 11) is 1.76. The molecule has 4 nitrogen and oxygen atoms in total. The Balaban J connectivity index is 2.28. The number of rotatable bonds is 2. The Bertz CT molecular complexity index is 452. The first-order valence-electron chi connectivity index (χ1n) is 4.45. The van der Waals surface area contributed by atoms with Gasteiger partial charge in [0.15, 0.2) is 0 Å².